The second-order valence-corrected chi connectivity index (χ2v) is 3.75. The molecule has 1 amide bonds. The standard InChI is InChI=1S/C11H11N3O/c15-11(14-4-1-5-14)9-2-6-13-7-3-12-10(13)8-9/h2-3,6-8H,1,4-5H2. The highest BCUT2D eigenvalue weighted by atomic mass is 16.2. The quantitative estimate of drug-likeness (QED) is 0.694. The van der Waals surface area contributed by atoms with Crippen LogP contribution < -0.4 is 0 Å². The van der Waals surface area contributed by atoms with Gasteiger partial charge in [-0.1, -0.05) is 0 Å². The zero-order valence-electron chi connectivity index (χ0n) is 8.26. The first-order chi connectivity index (χ1) is 7.34. The van der Waals surface area contributed by atoms with Gasteiger partial charge < -0.3 is 9.30 Å². The molecule has 0 N–H and O–H groups in total. The zero-order chi connectivity index (χ0) is 10.3. The Morgan fingerprint density at radius 3 is 2.93 bits per heavy atom. The Balaban J connectivity index is 1.99. The lowest BCUT2D eigenvalue weighted by atomic mass is 10.1. The number of nitrogens with zero attached hydrogens (tertiary/aromatic N) is 3. The first kappa shape index (κ1) is 8.47. The second kappa shape index (κ2) is 3.08. The molecule has 0 spiro atoms. The number of amides is 1. The lowest BCUT2D eigenvalue weighted by molar-refractivity contribution is 0.0652. The highest BCUT2D eigenvalue weighted by molar-refractivity contribution is 5.95. The van der Waals surface area contributed by atoms with E-state index in [0.717, 1.165) is 30.7 Å². The van der Waals surface area contributed by atoms with Crippen LogP contribution in [-0.4, -0.2) is 33.3 Å². The predicted molar refractivity (Wildman–Crippen MR) is 55.7 cm³/mol. The third-order valence-electron chi connectivity index (χ3n) is 2.79. The third-order valence-corrected chi connectivity index (χ3v) is 2.79. The summed E-state index contributed by atoms with van der Waals surface area (Å²) in [4.78, 5) is 17.9. The molecule has 3 heterocycles. The number of likely N-dealkylation sites (tertiary alicyclic amines) is 1. The number of carbonyl (C=O) groups excluding carboxylic acids is 1. The van der Waals surface area contributed by atoms with Crippen LogP contribution in [0.3, 0.4) is 0 Å². The molecule has 76 valence electrons. The van der Waals surface area contributed by atoms with E-state index in [1.807, 2.05) is 33.8 Å². The topological polar surface area (TPSA) is 37.6 Å². The smallest absolute Gasteiger partial charge is 0.254 e. The van der Waals surface area contributed by atoms with Crippen molar-refractivity contribution < 1.29 is 4.79 Å². The van der Waals surface area contributed by atoms with E-state index in [9.17, 15) is 4.79 Å². The summed E-state index contributed by atoms with van der Waals surface area (Å²) >= 11 is 0. The van der Waals surface area contributed by atoms with E-state index in [1.165, 1.54) is 0 Å². The summed E-state index contributed by atoms with van der Waals surface area (Å²) < 4.78 is 1.90. The maximum atomic E-state index is 11.9. The minimum Gasteiger partial charge on any atom is -0.339 e. The van der Waals surface area contributed by atoms with E-state index >= 15 is 0 Å². The zero-order valence-corrected chi connectivity index (χ0v) is 8.26. The van der Waals surface area contributed by atoms with E-state index in [-0.39, 0.29) is 5.91 Å². The van der Waals surface area contributed by atoms with Crippen molar-refractivity contribution in [1.82, 2.24) is 14.3 Å². The first-order valence-corrected chi connectivity index (χ1v) is 5.06. The maximum Gasteiger partial charge on any atom is 0.254 e. The molecule has 2 aromatic heterocycles. The number of imidazole rings is 1. The van der Waals surface area contributed by atoms with Crippen molar-refractivity contribution in [1.29, 1.82) is 0 Å². The van der Waals surface area contributed by atoms with Crippen LogP contribution >= 0.6 is 0 Å². The first-order valence-electron chi connectivity index (χ1n) is 5.06. The summed E-state index contributed by atoms with van der Waals surface area (Å²) in [6.07, 6.45) is 6.59. The molecule has 0 unspecified atom stereocenters. The van der Waals surface area contributed by atoms with Gasteiger partial charge in [-0.25, -0.2) is 4.98 Å². The molecular weight excluding hydrogens is 190 g/mol. The molecule has 15 heavy (non-hydrogen) atoms. The molecule has 2 aromatic rings. The van der Waals surface area contributed by atoms with E-state index in [0.29, 0.717) is 0 Å². The highest BCUT2D eigenvalue weighted by Crippen LogP contribution is 2.13. The molecule has 0 atom stereocenters. The van der Waals surface area contributed by atoms with E-state index in [2.05, 4.69) is 4.98 Å². The molecule has 4 nitrogen and oxygen atoms in total. The maximum absolute atomic E-state index is 11.9. The molecular formula is C11H11N3O. The summed E-state index contributed by atoms with van der Waals surface area (Å²) in [6.45, 7) is 1.77. The average Bonchev–Trinajstić information content (AvgIpc) is 2.61. The molecule has 1 aliphatic rings. The second-order valence-electron chi connectivity index (χ2n) is 3.75. The van der Waals surface area contributed by atoms with Crippen LogP contribution in [0.15, 0.2) is 30.7 Å². The summed E-state index contributed by atoms with van der Waals surface area (Å²) in [7, 11) is 0. The molecule has 1 saturated heterocycles. The average molecular weight is 201 g/mol. The molecule has 0 saturated carbocycles. The number of hydrogen-bond acceptors (Lipinski definition) is 2. The predicted octanol–water partition coefficient (Wildman–Crippen LogP) is 1.18. The van der Waals surface area contributed by atoms with E-state index in [1.54, 1.807) is 6.20 Å². The lowest BCUT2D eigenvalue weighted by Gasteiger charge is -2.30. The fourth-order valence-corrected chi connectivity index (χ4v) is 1.75. The van der Waals surface area contributed by atoms with Crippen LogP contribution in [0.5, 0.6) is 0 Å². The van der Waals surface area contributed by atoms with Crippen LogP contribution in [0.1, 0.15) is 16.8 Å². The van der Waals surface area contributed by atoms with Gasteiger partial charge in [-0.05, 0) is 18.6 Å². The number of carbonyl (C=O) groups is 1. The van der Waals surface area contributed by atoms with Gasteiger partial charge in [0.15, 0.2) is 0 Å². The largest absolute Gasteiger partial charge is 0.339 e. The van der Waals surface area contributed by atoms with E-state index < -0.39 is 0 Å². The molecule has 4 heteroatoms. The molecule has 3 rings (SSSR count). The molecule has 0 aliphatic carbocycles. The lowest BCUT2D eigenvalue weighted by Crippen LogP contribution is -2.42. The summed E-state index contributed by atoms with van der Waals surface area (Å²) in [6, 6.07) is 3.68. The van der Waals surface area contributed by atoms with Gasteiger partial charge in [0, 0.05) is 37.2 Å². The van der Waals surface area contributed by atoms with Gasteiger partial charge in [-0.15, -0.1) is 0 Å². The van der Waals surface area contributed by atoms with Gasteiger partial charge in [0.2, 0.25) is 0 Å². The van der Waals surface area contributed by atoms with Crippen molar-refractivity contribution in [3.05, 3.63) is 36.3 Å². The Hall–Kier alpha value is -1.84. The van der Waals surface area contributed by atoms with Gasteiger partial charge in [0.05, 0.1) is 0 Å². The van der Waals surface area contributed by atoms with Crippen LogP contribution in [0.25, 0.3) is 5.65 Å². The number of rotatable bonds is 1. The Bertz CT molecular complexity index is 513. The van der Waals surface area contributed by atoms with E-state index in [4.69, 9.17) is 0 Å². The van der Waals surface area contributed by atoms with Gasteiger partial charge >= 0.3 is 0 Å². The Morgan fingerprint density at radius 2 is 2.20 bits per heavy atom. The molecule has 1 fully saturated rings. The normalized spacial score (nSPS) is 15.3. The monoisotopic (exact) mass is 201 g/mol. The fraction of sp³-hybridized carbons (Fsp3) is 0.273. The number of hydrogen-bond donors (Lipinski definition) is 0. The van der Waals surface area contributed by atoms with Gasteiger partial charge in [-0.2, -0.15) is 0 Å². The molecule has 0 bridgehead atoms. The Labute approximate surface area is 87.1 Å². The van der Waals surface area contributed by atoms with Gasteiger partial charge in [0.25, 0.3) is 5.91 Å². The highest BCUT2D eigenvalue weighted by Gasteiger charge is 2.21. The fourth-order valence-electron chi connectivity index (χ4n) is 1.75. The van der Waals surface area contributed by atoms with Crippen molar-refractivity contribution >= 4 is 11.6 Å². The Kier molecular flexibility index (Phi) is 1.74. The van der Waals surface area contributed by atoms with Crippen LogP contribution in [0.2, 0.25) is 0 Å². The minimum atomic E-state index is 0.117. The van der Waals surface area contributed by atoms with Crippen LogP contribution in [0.4, 0.5) is 0 Å². The van der Waals surface area contributed by atoms with Crippen molar-refractivity contribution in [2.75, 3.05) is 13.1 Å². The van der Waals surface area contributed by atoms with Crippen molar-refractivity contribution in [3.63, 3.8) is 0 Å². The minimum absolute atomic E-state index is 0.117. The van der Waals surface area contributed by atoms with Crippen molar-refractivity contribution in [3.8, 4) is 0 Å². The number of fused-ring (bicyclic) bond motifs is 1. The number of aromatic nitrogens is 2. The summed E-state index contributed by atoms with van der Waals surface area (Å²) in [5, 5.41) is 0. The number of pyridine rings is 1. The Morgan fingerprint density at radius 1 is 1.33 bits per heavy atom. The summed E-state index contributed by atoms with van der Waals surface area (Å²) in [5.74, 6) is 0.117. The van der Waals surface area contributed by atoms with Crippen molar-refractivity contribution in [2.45, 2.75) is 6.42 Å². The SMILES string of the molecule is O=C(c1ccn2ccnc2c1)N1CCC1. The van der Waals surface area contributed by atoms with Crippen molar-refractivity contribution in [2.24, 2.45) is 0 Å². The molecule has 0 radical (unpaired) electrons. The molecule has 0 aromatic carbocycles. The third kappa shape index (κ3) is 1.29. The van der Waals surface area contributed by atoms with Crippen LogP contribution in [0, 0.1) is 0 Å². The summed E-state index contributed by atoms with van der Waals surface area (Å²) in [5.41, 5.74) is 1.55. The van der Waals surface area contributed by atoms with Gasteiger partial charge in [0.1, 0.15) is 5.65 Å². The van der Waals surface area contributed by atoms with Gasteiger partial charge in [-0.3, -0.25) is 4.79 Å². The van der Waals surface area contributed by atoms with Crippen LogP contribution in [-0.2, 0) is 0 Å². The molecule has 1 aliphatic heterocycles.